The maximum atomic E-state index is 11.8. The van der Waals surface area contributed by atoms with E-state index in [1.807, 2.05) is 0 Å². The van der Waals surface area contributed by atoms with Crippen LogP contribution < -0.4 is 9.64 Å². The molecule has 1 saturated heterocycles. The summed E-state index contributed by atoms with van der Waals surface area (Å²) in [7, 11) is 1.56. The first-order valence-electron chi connectivity index (χ1n) is 5.14. The lowest BCUT2D eigenvalue weighted by Gasteiger charge is -2.48. The zero-order chi connectivity index (χ0) is 12.6. The van der Waals surface area contributed by atoms with Gasteiger partial charge in [0, 0.05) is 5.69 Å². The van der Waals surface area contributed by atoms with Gasteiger partial charge in [-0.05, 0) is 31.2 Å². The van der Waals surface area contributed by atoms with E-state index in [4.69, 9.17) is 16.3 Å². The third kappa shape index (κ3) is 1.69. The predicted octanol–water partition coefficient (Wildman–Crippen LogP) is 1.61. The quantitative estimate of drug-likeness (QED) is 0.467. The third-order valence-corrected chi connectivity index (χ3v) is 3.34. The minimum absolute atomic E-state index is 0.263. The van der Waals surface area contributed by atoms with Gasteiger partial charge in [-0.3, -0.25) is 9.69 Å². The van der Waals surface area contributed by atoms with E-state index >= 15 is 0 Å². The van der Waals surface area contributed by atoms with E-state index in [1.54, 1.807) is 38.3 Å². The molecule has 0 radical (unpaired) electrons. The Balaban J connectivity index is 2.28. The van der Waals surface area contributed by atoms with Gasteiger partial charge in [0.15, 0.2) is 0 Å². The van der Waals surface area contributed by atoms with Gasteiger partial charge in [0.1, 0.15) is 23.0 Å². The Labute approximate surface area is 104 Å². The maximum Gasteiger partial charge on any atom is 0.251 e. The average molecular weight is 254 g/mol. The molecule has 0 bridgehead atoms. The minimum atomic E-state index is -1.12. The Morgan fingerprint density at radius 2 is 2.00 bits per heavy atom. The monoisotopic (exact) mass is 253 g/mol. The van der Waals surface area contributed by atoms with E-state index in [1.165, 1.54) is 4.90 Å². The second-order valence-electron chi connectivity index (χ2n) is 4.03. The lowest BCUT2D eigenvalue weighted by molar-refractivity contribution is -0.131. The molecule has 2 rings (SSSR count). The molecule has 1 aliphatic heterocycles. The van der Waals surface area contributed by atoms with E-state index in [2.05, 4.69) is 0 Å². The van der Waals surface area contributed by atoms with Crippen LogP contribution in [0, 0.1) is 0 Å². The molecular formula is C12H12ClNO3. The van der Waals surface area contributed by atoms with E-state index in [9.17, 15) is 9.59 Å². The van der Waals surface area contributed by atoms with Crippen molar-refractivity contribution >= 4 is 29.5 Å². The summed E-state index contributed by atoms with van der Waals surface area (Å²) in [5.74, 6) is 0.430. The molecular weight excluding hydrogens is 242 g/mol. The molecule has 5 heteroatoms. The molecule has 1 amide bonds. The number of benzene rings is 1. The molecule has 1 aromatic rings. The van der Waals surface area contributed by atoms with E-state index in [0.717, 1.165) is 0 Å². The number of alkyl halides is 1. The summed E-state index contributed by atoms with van der Waals surface area (Å²) in [4.78, 5) is 23.0. The van der Waals surface area contributed by atoms with Crippen molar-refractivity contribution in [1.82, 2.24) is 0 Å². The van der Waals surface area contributed by atoms with Crippen molar-refractivity contribution in [2.75, 3.05) is 12.0 Å². The molecule has 1 fully saturated rings. The number of nitrogens with zero attached hydrogens (tertiary/aromatic N) is 1. The Hall–Kier alpha value is -1.55. The summed E-state index contributed by atoms with van der Waals surface area (Å²) in [5, 5.41) is 0. The molecule has 2 atom stereocenters. The standard InChI is InChI=1S/C12H12ClNO3/c1-12(13)10(7-15)14(11(12)16)8-3-5-9(17-2)6-4-8/h3-7,10H,1-2H3/t10-,12+/m0/s1. The van der Waals surface area contributed by atoms with Crippen LogP contribution in [0.3, 0.4) is 0 Å². The number of ether oxygens (including phenoxy) is 1. The molecule has 4 nitrogen and oxygen atoms in total. The van der Waals surface area contributed by atoms with Crippen LogP contribution in [-0.2, 0) is 9.59 Å². The second-order valence-corrected chi connectivity index (χ2v) is 4.81. The van der Waals surface area contributed by atoms with Crippen molar-refractivity contribution in [3.8, 4) is 5.75 Å². The van der Waals surface area contributed by atoms with Gasteiger partial charge in [0.05, 0.1) is 7.11 Å². The summed E-state index contributed by atoms with van der Waals surface area (Å²) in [6.07, 6.45) is 0.693. The summed E-state index contributed by atoms with van der Waals surface area (Å²) >= 11 is 5.98. The molecule has 17 heavy (non-hydrogen) atoms. The molecule has 90 valence electrons. The smallest absolute Gasteiger partial charge is 0.251 e. The largest absolute Gasteiger partial charge is 0.497 e. The minimum Gasteiger partial charge on any atom is -0.497 e. The van der Waals surface area contributed by atoms with Gasteiger partial charge in [0.2, 0.25) is 0 Å². The molecule has 1 aromatic carbocycles. The number of amides is 1. The van der Waals surface area contributed by atoms with E-state index in [-0.39, 0.29) is 5.91 Å². The van der Waals surface area contributed by atoms with Crippen LogP contribution in [0.15, 0.2) is 24.3 Å². The molecule has 0 aromatic heterocycles. The maximum absolute atomic E-state index is 11.8. The normalized spacial score (nSPS) is 27.6. The highest BCUT2D eigenvalue weighted by Crippen LogP contribution is 2.39. The van der Waals surface area contributed by atoms with Crippen molar-refractivity contribution < 1.29 is 14.3 Å². The first-order chi connectivity index (χ1) is 8.02. The number of anilines is 1. The highest BCUT2D eigenvalue weighted by molar-refractivity contribution is 6.43. The van der Waals surface area contributed by atoms with E-state index < -0.39 is 10.9 Å². The second kappa shape index (κ2) is 4.04. The number of methoxy groups -OCH3 is 1. The van der Waals surface area contributed by atoms with Gasteiger partial charge in [-0.1, -0.05) is 0 Å². The summed E-state index contributed by atoms with van der Waals surface area (Å²) < 4.78 is 5.02. The fourth-order valence-electron chi connectivity index (χ4n) is 1.87. The van der Waals surface area contributed by atoms with Crippen LogP contribution in [0.25, 0.3) is 0 Å². The Kier molecular flexibility index (Phi) is 2.83. The van der Waals surface area contributed by atoms with Crippen molar-refractivity contribution in [2.45, 2.75) is 17.8 Å². The molecule has 0 unspecified atom stereocenters. The fraction of sp³-hybridized carbons (Fsp3) is 0.333. The van der Waals surface area contributed by atoms with Crippen LogP contribution in [0.4, 0.5) is 5.69 Å². The number of hydrogen-bond donors (Lipinski definition) is 0. The SMILES string of the molecule is COc1ccc(N2C(=O)[C@](C)(Cl)[C@@H]2C=O)cc1. The lowest BCUT2D eigenvalue weighted by atomic mass is 9.88. The van der Waals surface area contributed by atoms with Gasteiger partial charge in [-0.25, -0.2) is 0 Å². The highest BCUT2D eigenvalue weighted by Gasteiger charge is 2.57. The summed E-state index contributed by atoms with van der Waals surface area (Å²) in [6.45, 7) is 1.55. The number of carbonyl (C=O) groups excluding carboxylic acids is 2. The van der Waals surface area contributed by atoms with Crippen LogP contribution >= 0.6 is 11.6 Å². The van der Waals surface area contributed by atoms with Crippen molar-refractivity contribution in [2.24, 2.45) is 0 Å². The van der Waals surface area contributed by atoms with Gasteiger partial charge in [-0.2, -0.15) is 0 Å². The van der Waals surface area contributed by atoms with Crippen molar-refractivity contribution in [1.29, 1.82) is 0 Å². The number of halogens is 1. The van der Waals surface area contributed by atoms with Gasteiger partial charge in [0.25, 0.3) is 5.91 Å². The first-order valence-corrected chi connectivity index (χ1v) is 5.52. The number of β-lactam (4-membered cyclic amide) rings is 1. The van der Waals surface area contributed by atoms with Crippen molar-refractivity contribution in [3.05, 3.63) is 24.3 Å². The highest BCUT2D eigenvalue weighted by atomic mass is 35.5. The number of hydrogen-bond acceptors (Lipinski definition) is 3. The zero-order valence-electron chi connectivity index (χ0n) is 9.51. The van der Waals surface area contributed by atoms with Gasteiger partial charge in [-0.15, -0.1) is 11.6 Å². The summed E-state index contributed by atoms with van der Waals surface area (Å²) in [5.41, 5.74) is 0.644. The van der Waals surface area contributed by atoms with Crippen LogP contribution in [-0.4, -0.2) is 30.2 Å². The zero-order valence-corrected chi connectivity index (χ0v) is 10.3. The lowest BCUT2D eigenvalue weighted by Crippen LogP contribution is -2.70. The van der Waals surface area contributed by atoms with Crippen LogP contribution in [0.2, 0.25) is 0 Å². The van der Waals surface area contributed by atoms with Gasteiger partial charge >= 0.3 is 0 Å². The van der Waals surface area contributed by atoms with Gasteiger partial charge < -0.3 is 9.53 Å². The molecule has 1 heterocycles. The fourth-order valence-corrected chi connectivity index (χ4v) is 2.11. The topological polar surface area (TPSA) is 46.6 Å². The molecule has 0 spiro atoms. The average Bonchev–Trinajstić information content (AvgIpc) is 2.35. The van der Waals surface area contributed by atoms with Crippen molar-refractivity contribution in [3.63, 3.8) is 0 Å². The van der Waals surface area contributed by atoms with Crippen LogP contribution in [0.5, 0.6) is 5.75 Å². The first kappa shape index (κ1) is 11.9. The predicted molar refractivity (Wildman–Crippen MR) is 64.6 cm³/mol. The Morgan fingerprint density at radius 1 is 1.41 bits per heavy atom. The molecule has 0 saturated carbocycles. The number of aldehydes is 1. The number of carbonyl (C=O) groups is 2. The Bertz CT molecular complexity index is 455. The summed E-state index contributed by atoms with van der Waals surface area (Å²) in [6, 6.07) is 6.28. The third-order valence-electron chi connectivity index (χ3n) is 2.95. The van der Waals surface area contributed by atoms with Crippen LogP contribution in [0.1, 0.15) is 6.92 Å². The molecule has 0 N–H and O–H groups in total. The van der Waals surface area contributed by atoms with E-state index in [0.29, 0.717) is 17.7 Å². The number of rotatable bonds is 3. The molecule has 0 aliphatic carbocycles. The Morgan fingerprint density at radius 3 is 2.47 bits per heavy atom. The molecule has 1 aliphatic rings.